The Kier molecular flexibility index (Phi) is 3.42. The Morgan fingerprint density at radius 1 is 1.61 bits per heavy atom. The fourth-order valence-corrected chi connectivity index (χ4v) is 1.54. The van der Waals surface area contributed by atoms with Crippen molar-refractivity contribution >= 4 is 5.97 Å². The zero-order chi connectivity index (χ0) is 13.1. The first-order valence-corrected chi connectivity index (χ1v) is 5.50. The van der Waals surface area contributed by atoms with Crippen LogP contribution in [0.4, 0.5) is 0 Å². The molecule has 0 spiro atoms. The first-order valence-electron chi connectivity index (χ1n) is 5.50. The Balaban J connectivity index is 2.40. The minimum atomic E-state index is -1.05. The van der Waals surface area contributed by atoms with Crippen LogP contribution >= 0.6 is 0 Å². The molecule has 0 saturated heterocycles. The summed E-state index contributed by atoms with van der Waals surface area (Å²) in [6.45, 7) is 1.43. The van der Waals surface area contributed by atoms with Gasteiger partial charge in [-0.25, -0.2) is 9.67 Å². The number of carbonyl (C=O) groups is 1. The van der Waals surface area contributed by atoms with Crippen molar-refractivity contribution < 1.29 is 19.4 Å². The van der Waals surface area contributed by atoms with E-state index < -0.39 is 12.1 Å². The van der Waals surface area contributed by atoms with Gasteiger partial charge in [0.05, 0.1) is 6.26 Å². The smallest absolute Gasteiger partial charge is 0.325 e. The van der Waals surface area contributed by atoms with Gasteiger partial charge in [0, 0.05) is 0 Å². The van der Waals surface area contributed by atoms with Gasteiger partial charge < -0.3 is 14.6 Å². The molecule has 0 aliphatic rings. The minimum Gasteiger partial charge on any atom is -0.480 e. The van der Waals surface area contributed by atoms with Crippen LogP contribution in [0.25, 0.3) is 11.6 Å². The molecule has 2 aromatic heterocycles. The fraction of sp³-hybridized carbons (Fsp3) is 0.364. The highest BCUT2D eigenvalue weighted by molar-refractivity contribution is 5.66. The first-order chi connectivity index (χ1) is 8.61. The van der Waals surface area contributed by atoms with Crippen molar-refractivity contribution in [2.75, 3.05) is 0 Å². The van der Waals surface area contributed by atoms with Crippen molar-refractivity contribution in [3.63, 3.8) is 0 Å². The van der Waals surface area contributed by atoms with E-state index in [9.17, 15) is 9.90 Å². The molecule has 1 atom stereocenters. The second-order valence-electron chi connectivity index (χ2n) is 3.75. The predicted molar refractivity (Wildman–Crippen MR) is 60.6 cm³/mol. The molecular formula is C11H13N3O4. The molecule has 0 bridgehead atoms. The molecule has 0 aromatic carbocycles. The molecular weight excluding hydrogens is 238 g/mol. The van der Waals surface area contributed by atoms with Crippen molar-refractivity contribution in [1.82, 2.24) is 14.8 Å². The third-order valence-electron chi connectivity index (χ3n) is 2.41. The number of hydrogen-bond acceptors (Lipinski definition) is 5. The molecule has 2 N–H and O–H groups in total. The van der Waals surface area contributed by atoms with Crippen molar-refractivity contribution in [2.45, 2.75) is 26.0 Å². The molecule has 0 aliphatic carbocycles. The van der Waals surface area contributed by atoms with Crippen molar-refractivity contribution in [2.24, 2.45) is 0 Å². The number of aliphatic hydroxyl groups is 1. The van der Waals surface area contributed by atoms with Gasteiger partial charge >= 0.3 is 5.97 Å². The van der Waals surface area contributed by atoms with E-state index in [1.165, 1.54) is 10.9 Å². The lowest BCUT2D eigenvalue weighted by atomic mass is 10.2. The minimum absolute atomic E-state index is 0.228. The highest BCUT2D eigenvalue weighted by Crippen LogP contribution is 2.20. The fourth-order valence-electron chi connectivity index (χ4n) is 1.54. The van der Waals surface area contributed by atoms with Crippen LogP contribution in [0.1, 0.15) is 25.3 Å². The maximum Gasteiger partial charge on any atom is 0.325 e. The van der Waals surface area contributed by atoms with Gasteiger partial charge in [0.1, 0.15) is 12.6 Å². The summed E-state index contributed by atoms with van der Waals surface area (Å²) >= 11 is 0. The van der Waals surface area contributed by atoms with Crippen molar-refractivity contribution in [1.29, 1.82) is 0 Å². The maximum absolute atomic E-state index is 10.7. The van der Waals surface area contributed by atoms with Gasteiger partial charge in [0.2, 0.25) is 5.82 Å². The van der Waals surface area contributed by atoms with Crippen LogP contribution in [-0.4, -0.2) is 30.9 Å². The van der Waals surface area contributed by atoms with Crippen LogP contribution in [0.15, 0.2) is 22.8 Å². The Bertz CT molecular complexity index is 532. The number of hydrogen-bond donors (Lipinski definition) is 2. The monoisotopic (exact) mass is 251 g/mol. The number of nitrogens with zero attached hydrogens (tertiary/aromatic N) is 3. The summed E-state index contributed by atoms with van der Waals surface area (Å²) in [6.07, 6.45) is 1.06. The van der Waals surface area contributed by atoms with Gasteiger partial charge in [-0.15, -0.1) is 5.10 Å². The number of carboxylic acids is 1. The number of carboxylic acid groups (broad SMARTS) is 1. The lowest BCUT2D eigenvalue weighted by Gasteiger charge is -2.07. The van der Waals surface area contributed by atoms with Crippen LogP contribution < -0.4 is 0 Å². The van der Waals surface area contributed by atoms with Crippen molar-refractivity contribution in [3.8, 4) is 11.6 Å². The summed E-state index contributed by atoms with van der Waals surface area (Å²) in [5.41, 5.74) is 0. The van der Waals surface area contributed by atoms with Crippen LogP contribution in [0.3, 0.4) is 0 Å². The molecule has 18 heavy (non-hydrogen) atoms. The molecule has 2 aromatic rings. The molecule has 2 rings (SSSR count). The molecule has 0 radical (unpaired) electrons. The van der Waals surface area contributed by atoms with Crippen LogP contribution in [0.2, 0.25) is 0 Å². The number of rotatable bonds is 5. The molecule has 0 unspecified atom stereocenters. The van der Waals surface area contributed by atoms with Gasteiger partial charge in [-0.05, 0) is 18.6 Å². The van der Waals surface area contributed by atoms with Crippen LogP contribution in [0.5, 0.6) is 0 Å². The summed E-state index contributed by atoms with van der Waals surface area (Å²) in [4.78, 5) is 14.9. The van der Waals surface area contributed by atoms with E-state index >= 15 is 0 Å². The average molecular weight is 251 g/mol. The number of aliphatic carboxylic acids is 1. The summed E-state index contributed by atoms with van der Waals surface area (Å²) in [6, 6.07) is 3.35. The van der Waals surface area contributed by atoms with E-state index in [1.807, 2.05) is 0 Å². The number of aliphatic hydroxyl groups excluding tert-OH is 1. The SMILES string of the molecule is CC[C@H](O)c1nc(-c2ccco2)nn1CC(=O)O. The molecule has 0 amide bonds. The Labute approximate surface area is 103 Å². The van der Waals surface area contributed by atoms with E-state index in [4.69, 9.17) is 9.52 Å². The molecule has 7 heteroatoms. The molecule has 0 aliphatic heterocycles. The van der Waals surface area contributed by atoms with E-state index in [0.717, 1.165) is 0 Å². The summed E-state index contributed by atoms with van der Waals surface area (Å²) < 4.78 is 6.31. The summed E-state index contributed by atoms with van der Waals surface area (Å²) in [5.74, 6) is -0.116. The second kappa shape index (κ2) is 5.01. The lowest BCUT2D eigenvalue weighted by Crippen LogP contribution is -2.15. The Morgan fingerprint density at radius 2 is 2.39 bits per heavy atom. The van der Waals surface area contributed by atoms with Gasteiger partial charge in [-0.3, -0.25) is 4.79 Å². The van der Waals surface area contributed by atoms with Gasteiger partial charge in [-0.1, -0.05) is 6.92 Å². The molecule has 2 heterocycles. The predicted octanol–water partition coefficient (Wildman–Crippen LogP) is 1.07. The number of furan rings is 1. The van der Waals surface area contributed by atoms with Crippen LogP contribution in [0, 0.1) is 0 Å². The Hall–Kier alpha value is -2.15. The quantitative estimate of drug-likeness (QED) is 0.824. The first kappa shape index (κ1) is 12.3. The third kappa shape index (κ3) is 2.40. The molecule has 96 valence electrons. The normalized spacial score (nSPS) is 12.6. The lowest BCUT2D eigenvalue weighted by molar-refractivity contribution is -0.138. The molecule has 7 nitrogen and oxygen atoms in total. The third-order valence-corrected chi connectivity index (χ3v) is 2.41. The summed E-state index contributed by atoms with van der Waals surface area (Å²) in [7, 11) is 0. The number of aromatic nitrogens is 3. The topological polar surface area (TPSA) is 101 Å². The van der Waals surface area contributed by atoms with Crippen LogP contribution in [-0.2, 0) is 11.3 Å². The summed E-state index contributed by atoms with van der Waals surface area (Å²) in [5, 5.41) is 22.6. The largest absolute Gasteiger partial charge is 0.480 e. The zero-order valence-corrected chi connectivity index (χ0v) is 9.78. The highest BCUT2D eigenvalue weighted by atomic mass is 16.4. The standard InChI is InChI=1S/C11H13N3O4/c1-2-7(15)11-12-10(8-4-3-5-18-8)13-14(11)6-9(16)17/h3-5,7,15H,2,6H2,1H3,(H,16,17)/t7-/m0/s1. The average Bonchev–Trinajstić information content (AvgIpc) is 2.95. The highest BCUT2D eigenvalue weighted by Gasteiger charge is 2.19. The van der Waals surface area contributed by atoms with E-state index in [1.54, 1.807) is 19.1 Å². The van der Waals surface area contributed by atoms with E-state index in [2.05, 4.69) is 10.1 Å². The maximum atomic E-state index is 10.7. The zero-order valence-electron chi connectivity index (χ0n) is 9.78. The molecule has 0 fully saturated rings. The second-order valence-corrected chi connectivity index (χ2v) is 3.75. The van der Waals surface area contributed by atoms with Gasteiger partial charge in [0.15, 0.2) is 11.6 Å². The Morgan fingerprint density at radius 3 is 2.94 bits per heavy atom. The van der Waals surface area contributed by atoms with Crippen molar-refractivity contribution in [3.05, 3.63) is 24.2 Å². The van der Waals surface area contributed by atoms with Gasteiger partial charge in [-0.2, -0.15) is 0 Å². The van der Waals surface area contributed by atoms with E-state index in [0.29, 0.717) is 12.2 Å². The molecule has 0 saturated carbocycles. The van der Waals surface area contributed by atoms with Gasteiger partial charge in [0.25, 0.3) is 0 Å². The van der Waals surface area contributed by atoms with E-state index in [-0.39, 0.29) is 18.2 Å².